The van der Waals surface area contributed by atoms with Crippen LogP contribution in [0.1, 0.15) is 36.8 Å². The molecule has 0 spiro atoms. The van der Waals surface area contributed by atoms with Gasteiger partial charge in [-0.1, -0.05) is 0 Å². The molecule has 1 aliphatic heterocycles. The first-order chi connectivity index (χ1) is 7.40. The first-order valence-electron chi connectivity index (χ1n) is 5.59. The highest BCUT2D eigenvalue weighted by atomic mass is 16.5. The molecule has 1 aromatic heterocycles. The quantitative estimate of drug-likeness (QED) is 0.762. The Morgan fingerprint density at radius 2 is 2.47 bits per heavy atom. The summed E-state index contributed by atoms with van der Waals surface area (Å²) in [4.78, 5) is 4.47. The van der Waals surface area contributed by atoms with Crippen molar-refractivity contribution in [3.8, 4) is 0 Å². The van der Waals surface area contributed by atoms with Crippen LogP contribution in [0.4, 0.5) is 0 Å². The normalized spacial score (nSPS) is 21.8. The van der Waals surface area contributed by atoms with Crippen molar-refractivity contribution in [2.75, 3.05) is 19.8 Å². The predicted octanol–water partition coefficient (Wildman–Crippen LogP) is 0.590. The highest BCUT2D eigenvalue weighted by Gasteiger charge is 2.19. The third-order valence-electron chi connectivity index (χ3n) is 2.69. The number of ether oxygens (including phenoxy) is 1. The van der Waals surface area contributed by atoms with Gasteiger partial charge in [0, 0.05) is 18.9 Å². The van der Waals surface area contributed by atoms with Crippen molar-refractivity contribution in [1.82, 2.24) is 15.2 Å². The highest BCUT2D eigenvalue weighted by molar-refractivity contribution is 4.99. The first kappa shape index (κ1) is 10.6. The summed E-state index contributed by atoms with van der Waals surface area (Å²) in [7, 11) is 0. The summed E-state index contributed by atoms with van der Waals surface area (Å²) in [5, 5.41) is 7.20. The lowest BCUT2D eigenvalue weighted by Gasteiger charge is -2.18. The van der Waals surface area contributed by atoms with Gasteiger partial charge in [0.2, 0.25) is 0 Å². The molecule has 0 amide bonds. The lowest BCUT2D eigenvalue weighted by Crippen LogP contribution is -2.16. The number of H-pyrrole nitrogens is 1. The maximum Gasteiger partial charge on any atom is 0.156 e. The SMILES string of the molecule is NCCCc1nc(C2CCCOC2)n[nH]1. The molecule has 3 N–H and O–H groups in total. The molecule has 1 aromatic rings. The second kappa shape index (κ2) is 5.23. The van der Waals surface area contributed by atoms with E-state index < -0.39 is 0 Å². The van der Waals surface area contributed by atoms with E-state index in [9.17, 15) is 0 Å². The monoisotopic (exact) mass is 210 g/mol. The van der Waals surface area contributed by atoms with Crippen LogP contribution in [0.2, 0.25) is 0 Å². The first-order valence-corrected chi connectivity index (χ1v) is 5.59. The van der Waals surface area contributed by atoms with E-state index in [0.29, 0.717) is 12.5 Å². The number of rotatable bonds is 4. The van der Waals surface area contributed by atoms with Gasteiger partial charge >= 0.3 is 0 Å². The minimum absolute atomic E-state index is 0.377. The fourth-order valence-electron chi connectivity index (χ4n) is 1.82. The van der Waals surface area contributed by atoms with E-state index in [0.717, 1.165) is 50.5 Å². The van der Waals surface area contributed by atoms with Gasteiger partial charge in [-0.3, -0.25) is 5.10 Å². The second-order valence-electron chi connectivity index (χ2n) is 3.95. The fraction of sp³-hybridized carbons (Fsp3) is 0.800. The van der Waals surface area contributed by atoms with Gasteiger partial charge in [-0.25, -0.2) is 4.98 Å². The zero-order chi connectivity index (χ0) is 10.5. The molecule has 1 saturated heterocycles. The summed E-state index contributed by atoms with van der Waals surface area (Å²) < 4.78 is 5.41. The molecule has 0 aromatic carbocycles. The number of nitrogens with one attached hydrogen (secondary N) is 1. The molecule has 5 nitrogen and oxygen atoms in total. The van der Waals surface area contributed by atoms with Crippen LogP contribution < -0.4 is 5.73 Å². The third kappa shape index (κ3) is 2.76. The van der Waals surface area contributed by atoms with Crippen molar-refractivity contribution in [2.45, 2.75) is 31.6 Å². The van der Waals surface area contributed by atoms with Crippen molar-refractivity contribution >= 4 is 0 Å². The van der Waals surface area contributed by atoms with E-state index >= 15 is 0 Å². The molecule has 5 heteroatoms. The number of aromatic amines is 1. The van der Waals surface area contributed by atoms with Gasteiger partial charge in [0.05, 0.1) is 6.61 Å². The van der Waals surface area contributed by atoms with Crippen molar-refractivity contribution in [3.05, 3.63) is 11.6 Å². The largest absolute Gasteiger partial charge is 0.381 e. The number of nitrogens with zero attached hydrogens (tertiary/aromatic N) is 2. The van der Waals surface area contributed by atoms with Gasteiger partial charge < -0.3 is 10.5 Å². The van der Waals surface area contributed by atoms with Crippen LogP contribution in [-0.4, -0.2) is 34.9 Å². The molecule has 1 atom stereocenters. The van der Waals surface area contributed by atoms with Gasteiger partial charge in [0.25, 0.3) is 0 Å². The van der Waals surface area contributed by atoms with E-state index in [1.807, 2.05) is 0 Å². The lowest BCUT2D eigenvalue weighted by molar-refractivity contribution is 0.0781. The Morgan fingerprint density at radius 3 is 3.20 bits per heavy atom. The van der Waals surface area contributed by atoms with Crippen LogP contribution in [0.3, 0.4) is 0 Å². The molecule has 15 heavy (non-hydrogen) atoms. The van der Waals surface area contributed by atoms with Crippen LogP contribution in [-0.2, 0) is 11.2 Å². The molecule has 1 fully saturated rings. The Bertz CT molecular complexity index is 293. The number of nitrogens with two attached hydrogens (primary N) is 1. The van der Waals surface area contributed by atoms with Crippen LogP contribution in [0.25, 0.3) is 0 Å². The number of aromatic nitrogens is 3. The average Bonchev–Trinajstić information content (AvgIpc) is 2.76. The van der Waals surface area contributed by atoms with Gasteiger partial charge in [-0.05, 0) is 25.8 Å². The summed E-state index contributed by atoms with van der Waals surface area (Å²) in [6.07, 6.45) is 4.08. The van der Waals surface area contributed by atoms with Crippen LogP contribution in [0.5, 0.6) is 0 Å². The van der Waals surface area contributed by atoms with Gasteiger partial charge in [0.1, 0.15) is 5.82 Å². The van der Waals surface area contributed by atoms with Crippen LogP contribution in [0.15, 0.2) is 0 Å². The lowest BCUT2D eigenvalue weighted by atomic mass is 10.0. The fourth-order valence-corrected chi connectivity index (χ4v) is 1.82. The van der Waals surface area contributed by atoms with Gasteiger partial charge in [0.15, 0.2) is 5.82 Å². The van der Waals surface area contributed by atoms with Crippen molar-refractivity contribution in [2.24, 2.45) is 5.73 Å². The van der Waals surface area contributed by atoms with E-state index in [4.69, 9.17) is 10.5 Å². The van der Waals surface area contributed by atoms with E-state index in [1.165, 1.54) is 0 Å². The minimum Gasteiger partial charge on any atom is -0.381 e. The van der Waals surface area contributed by atoms with E-state index in [2.05, 4.69) is 15.2 Å². The number of hydrogen-bond donors (Lipinski definition) is 2. The third-order valence-corrected chi connectivity index (χ3v) is 2.69. The summed E-state index contributed by atoms with van der Waals surface area (Å²) in [5.74, 6) is 2.23. The molecule has 84 valence electrons. The van der Waals surface area contributed by atoms with Gasteiger partial charge in [-0.15, -0.1) is 0 Å². The predicted molar refractivity (Wildman–Crippen MR) is 56.6 cm³/mol. The molecule has 0 aliphatic carbocycles. The van der Waals surface area contributed by atoms with Crippen molar-refractivity contribution in [3.63, 3.8) is 0 Å². The number of hydrogen-bond acceptors (Lipinski definition) is 4. The molecule has 0 bridgehead atoms. The Hall–Kier alpha value is -0.940. The van der Waals surface area contributed by atoms with E-state index in [-0.39, 0.29) is 0 Å². The molecule has 1 unspecified atom stereocenters. The average molecular weight is 210 g/mol. The standard InChI is InChI=1S/C10H18N4O/c11-5-1-4-9-12-10(14-13-9)8-3-2-6-15-7-8/h8H,1-7,11H2,(H,12,13,14). The molecule has 0 saturated carbocycles. The molecular weight excluding hydrogens is 192 g/mol. The maximum absolute atomic E-state index is 5.44. The molecule has 2 heterocycles. The molecule has 2 rings (SSSR count). The molecule has 1 aliphatic rings. The second-order valence-corrected chi connectivity index (χ2v) is 3.95. The Kier molecular flexibility index (Phi) is 3.69. The zero-order valence-corrected chi connectivity index (χ0v) is 8.91. The molecular formula is C10H18N4O. The molecule has 0 radical (unpaired) electrons. The van der Waals surface area contributed by atoms with Crippen molar-refractivity contribution in [1.29, 1.82) is 0 Å². The summed E-state index contributed by atoms with van der Waals surface area (Å²) in [6, 6.07) is 0. The van der Waals surface area contributed by atoms with Crippen LogP contribution in [0, 0.1) is 0 Å². The zero-order valence-electron chi connectivity index (χ0n) is 8.91. The van der Waals surface area contributed by atoms with Crippen LogP contribution >= 0.6 is 0 Å². The van der Waals surface area contributed by atoms with Gasteiger partial charge in [-0.2, -0.15) is 5.10 Å². The Balaban J connectivity index is 1.93. The summed E-state index contributed by atoms with van der Waals surface area (Å²) in [6.45, 7) is 2.33. The minimum atomic E-state index is 0.377. The number of aryl methyl sites for hydroxylation is 1. The summed E-state index contributed by atoms with van der Waals surface area (Å²) >= 11 is 0. The topological polar surface area (TPSA) is 76.8 Å². The maximum atomic E-state index is 5.44. The Morgan fingerprint density at radius 1 is 1.53 bits per heavy atom. The summed E-state index contributed by atoms with van der Waals surface area (Å²) in [5.41, 5.74) is 5.44. The van der Waals surface area contributed by atoms with E-state index in [1.54, 1.807) is 0 Å². The smallest absolute Gasteiger partial charge is 0.156 e. The highest BCUT2D eigenvalue weighted by Crippen LogP contribution is 2.22. The van der Waals surface area contributed by atoms with Crippen molar-refractivity contribution < 1.29 is 4.74 Å². The Labute approximate surface area is 89.4 Å².